The number of carbonyl (C=O) groups is 1. The number of nitrogens with one attached hydrogen (secondary N) is 2. The molecule has 9 nitrogen and oxygen atoms in total. The average Bonchev–Trinajstić information content (AvgIpc) is 3.62. The summed E-state index contributed by atoms with van der Waals surface area (Å²) >= 11 is 0. The Labute approximate surface area is 191 Å². The van der Waals surface area contributed by atoms with Gasteiger partial charge in [0.05, 0.1) is 17.7 Å². The fraction of sp³-hybridized carbons (Fsp3) is 0.217. The van der Waals surface area contributed by atoms with E-state index in [1.807, 2.05) is 6.07 Å². The largest absolute Gasteiger partial charge is 0.495 e. The Bertz CT molecular complexity index is 1210. The number of nitrogens with zero attached hydrogens (tertiary/aromatic N) is 1. The Morgan fingerprint density at radius 3 is 2.48 bits per heavy atom. The number of benzene rings is 2. The summed E-state index contributed by atoms with van der Waals surface area (Å²) in [7, 11) is -2.23. The van der Waals surface area contributed by atoms with Gasteiger partial charge in [0.2, 0.25) is 15.9 Å². The Kier molecular flexibility index (Phi) is 6.76. The lowest BCUT2D eigenvalue weighted by Crippen LogP contribution is -2.26. The number of sulfonamides is 1. The van der Waals surface area contributed by atoms with E-state index in [2.05, 4.69) is 15.0 Å². The van der Waals surface area contributed by atoms with Crippen LogP contribution < -0.4 is 24.2 Å². The monoisotopic (exact) mass is 469 g/mol. The molecule has 0 spiro atoms. The number of amides is 1. The summed E-state index contributed by atoms with van der Waals surface area (Å²) in [4.78, 5) is 16.6. The zero-order valence-electron chi connectivity index (χ0n) is 17.9. The number of methoxy groups -OCH3 is 1. The molecule has 2 aromatic carbocycles. The molecule has 172 valence electrons. The third-order valence-electron chi connectivity index (χ3n) is 4.71. The van der Waals surface area contributed by atoms with Gasteiger partial charge in [-0.2, -0.15) is 0 Å². The Hall–Kier alpha value is -3.63. The highest BCUT2D eigenvalue weighted by Gasteiger charge is 2.28. The minimum Gasteiger partial charge on any atom is -0.495 e. The second kappa shape index (κ2) is 9.88. The maximum Gasteiger partial charge on any atom is 0.262 e. The van der Waals surface area contributed by atoms with Crippen molar-refractivity contribution in [2.45, 2.75) is 23.8 Å². The number of anilines is 1. The quantitative estimate of drug-likeness (QED) is 0.468. The maximum absolute atomic E-state index is 12.5. The molecule has 1 heterocycles. The molecule has 1 aliphatic carbocycles. The second-order valence-corrected chi connectivity index (χ2v) is 9.05. The molecule has 1 aromatic heterocycles. The van der Waals surface area contributed by atoms with Gasteiger partial charge in [0.15, 0.2) is 6.61 Å². The average molecular weight is 470 g/mol. The summed E-state index contributed by atoms with van der Waals surface area (Å²) in [6.45, 7) is -0.277. The topological polar surface area (TPSA) is 116 Å². The van der Waals surface area contributed by atoms with Crippen molar-refractivity contribution in [3.05, 3.63) is 66.9 Å². The highest BCUT2D eigenvalue weighted by Crippen LogP contribution is 2.29. The normalized spacial score (nSPS) is 13.2. The molecule has 2 N–H and O–H groups in total. The predicted molar refractivity (Wildman–Crippen MR) is 121 cm³/mol. The van der Waals surface area contributed by atoms with Gasteiger partial charge in [-0.15, -0.1) is 0 Å². The smallest absolute Gasteiger partial charge is 0.262 e. The lowest BCUT2D eigenvalue weighted by Gasteiger charge is -2.13. The fourth-order valence-corrected chi connectivity index (χ4v) is 4.24. The van der Waals surface area contributed by atoms with Crippen molar-refractivity contribution in [2.75, 3.05) is 19.0 Å². The van der Waals surface area contributed by atoms with Gasteiger partial charge >= 0.3 is 0 Å². The van der Waals surface area contributed by atoms with E-state index in [0.29, 0.717) is 23.1 Å². The standard InChI is InChI=1S/C23H23N3O6S/c1-30-21-12-11-19(33(28,29)26-16-5-6-16)14-20(21)25-22(27)15-31-17-7-9-18(10-8-17)32-23-4-2-3-13-24-23/h2-4,7-14,16,26H,5-6,15H2,1H3,(H,25,27). The van der Waals surface area contributed by atoms with Gasteiger partial charge in [0.1, 0.15) is 17.2 Å². The van der Waals surface area contributed by atoms with Crippen molar-refractivity contribution in [1.29, 1.82) is 0 Å². The van der Waals surface area contributed by atoms with Crippen LogP contribution in [0.15, 0.2) is 71.8 Å². The van der Waals surface area contributed by atoms with E-state index in [1.165, 1.54) is 25.3 Å². The van der Waals surface area contributed by atoms with Crippen molar-refractivity contribution < 1.29 is 27.4 Å². The summed E-state index contributed by atoms with van der Waals surface area (Å²) < 4.78 is 43.9. The molecule has 1 amide bonds. The molecule has 0 aliphatic heterocycles. The van der Waals surface area contributed by atoms with E-state index in [9.17, 15) is 13.2 Å². The first kappa shape index (κ1) is 22.6. The maximum atomic E-state index is 12.5. The lowest BCUT2D eigenvalue weighted by molar-refractivity contribution is -0.118. The van der Waals surface area contributed by atoms with Gasteiger partial charge in [-0.25, -0.2) is 18.1 Å². The fourth-order valence-electron chi connectivity index (χ4n) is 2.91. The Balaban J connectivity index is 1.35. The SMILES string of the molecule is COc1ccc(S(=O)(=O)NC2CC2)cc1NC(=O)COc1ccc(Oc2ccccn2)cc1. The zero-order chi connectivity index (χ0) is 23.3. The van der Waals surface area contributed by atoms with Crippen molar-refractivity contribution in [1.82, 2.24) is 9.71 Å². The van der Waals surface area contributed by atoms with Crippen LogP contribution in [0.2, 0.25) is 0 Å². The molecule has 0 bridgehead atoms. The third-order valence-corrected chi connectivity index (χ3v) is 6.23. The Morgan fingerprint density at radius 2 is 1.82 bits per heavy atom. The van der Waals surface area contributed by atoms with E-state index in [4.69, 9.17) is 14.2 Å². The number of ether oxygens (including phenoxy) is 3. The van der Waals surface area contributed by atoms with Crippen molar-refractivity contribution in [2.24, 2.45) is 0 Å². The summed E-state index contributed by atoms with van der Waals surface area (Å²) in [5, 5.41) is 2.64. The summed E-state index contributed by atoms with van der Waals surface area (Å²) in [5.74, 6) is 1.39. The number of pyridine rings is 1. The summed E-state index contributed by atoms with van der Waals surface area (Å²) in [6, 6.07) is 16.4. The van der Waals surface area contributed by atoms with E-state index < -0.39 is 15.9 Å². The number of hydrogen-bond acceptors (Lipinski definition) is 7. The van der Waals surface area contributed by atoms with Crippen LogP contribution in [-0.2, 0) is 14.8 Å². The van der Waals surface area contributed by atoms with Crippen LogP contribution in [0.3, 0.4) is 0 Å². The molecular weight excluding hydrogens is 446 g/mol. The highest BCUT2D eigenvalue weighted by molar-refractivity contribution is 7.89. The molecule has 1 aliphatic rings. The van der Waals surface area contributed by atoms with Crippen LogP contribution in [0, 0.1) is 0 Å². The molecule has 0 radical (unpaired) electrons. The van der Waals surface area contributed by atoms with Gasteiger partial charge in [-0.05, 0) is 61.4 Å². The first-order valence-electron chi connectivity index (χ1n) is 10.2. The summed E-state index contributed by atoms with van der Waals surface area (Å²) in [5.41, 5.74) is 0.240. The molecule has 10 heteroatoms. The first-order valence-corrected chi connectivity index (χ1v) is 11.7. The first-order chi connectivity index (χ1) is 15.9. The van der Waals surface area contributed by atoms with Crippen LogP contribution in [-0.4, -0.2) is 39.1 Å². The van der Waals surface area contributed by atoms with Gasteiger partial charge < -0.3 is 19.5 Å². The van der Waals surface area contributed by atoms with Crippen LogP contribution in [0.1, 0.15) is 12.8 Å². The van der Waals surface area contributed by atoms with Crippen LogP contribution in [0.4, 0.5) is 5.69 Å². The predicted octanol–water partition coefficient (Wildman–Crippen LogP) is 3.34. The molecule has 3 aromatic rings. The molecule has 0 atom stereocenters. The van der Waals surface area contributed by atoms with Crippen LogP contribution in [0.25, 0.3) is 0 Å². The van der Waals surface area contributed by atoms with Gasteiger partial charge in [-0.3, -0.25) is 4.79 Å². The number of rotatable bonds is 10. The molecule has 1 saturated carbocycles. The number of aromatic nitrogens is 1. The molecular formula is C23H23N3O6S. The lowest BCUT2D eigenvalue weighted by atomic mass is 10.3. The molecule has 0 saturated heterocycles. The Morgan fingerprint density at radius 1 is 1.06 bits per heavy atom. The van der Waals surface area contributed by atoms with Crippen LogP contribution in [0.5, 0.6) is 23.1 Å². The summed E-state index contributed by atoms with van der Waals surface area (Å²) in [6.07, 6.45) is 3.29. The molecule has 1 fully saturated rings. The molecule has 0 unspecified atom stereocenters. The highest BCUT2D eigenvalue weighted by atomic mass is 32.2. The van der Waals surface area contributed by atoms with E-state index >= 15 is 0 Å². The van der Waals surface area contributed by atoms with Gasteiger partial charge in [-0.1, -0.05) is 6.07 Å². The van der Waals surface area contributed by atoms with Crippen LogP contribution >= 0.6 is 0 Å². The van der Waals surface area contributed by atoms with E-state index in [0.717, 1.165) is 12.8 Å². The molecule has 4 rings (SSSR count). The van der Waals surface area contributed by atoms with Gasteiger partial charge in [0, 0.05) is 18.3 Å². The zero-order valence-corrected chi connectivity index (χ0v) is 18.7. The third kappa shape index (κ3) is 6.21. The minimum atomic E-state index is -3.67. The van der Waals surface area contributed by atoms with E-state index in [-0.39, 0.29) is 23.2 Å². The van der Waals surface area contributed by atoms with E-state index in [1.54, 1.807) is 42.6 Å². The second-order valence-electron chi connectivity index (χ2n) is 7.34. The minimum absolute atomic E-state index is 0.0238. The van der Waals surface area contributed by atoms with Crippen molar-refractivity contribution in [3.8, 4) is 23.1 Å². The number of hydrogen-bond donors (Lipinski definition) is 2. The van der Waals surface area contributed by atoms with Crippen molar-refractivity contribution >= 4 is 21.6 Å². The molecule has 33 heavy (non-hydrogen) atoms. The van der Waals surface area contributed by atoms with Crippen molar-refractivity contribution in [3.63, 3.8) is 0 Å². The number of carbonyl (C=O) groups excluding carboxylic acids is 1. The van der Waals surface area contributed by atoms with Gasteiger partial charge in [0.25, 0.3) is 5.91 Å².